The van der Waals surface area contributed by atoms with Crippen LogP contribution >= 0.6 is 15.9 Å². The Morgan fingerprint density at radius 2 is 2.24 bits per heavy atom. The highest BCUT2D eigenvalue weighted by atomic mass is 79.9. The molecule has 0 bridgehead atoms. The Balaban J connectivity index is 2.41. The molecule has 0 amide bonds. The van der Waals surface area contributed by atoms with Crippen molar-refractivity contribution in [2.45, 2.75) is 13.3 Å². The molecule has 17 heavy (non-hydrogen) atoms. The highest BCUT2D eigenvalue weighted by Gasteiger charge is 2.09. The molecule has 1 heterocycles. The van der Waals surface area contributed by atoms with E-state index in [9.17, 15) is 4.39 Å². The third kappa shape index (κ3) is 2.53. The Hall–Kier alpha value is -1.27. The summed E-state index contributed by atoms with van der Waals surface area (Å²) in [5, 5.41) is 8.00. The lowest BCUT2D eigenvalue weighted by Crippen LogP contribution is -2.02. The second-order valence-electron chi connectivity index (χ2n) is 3.75. The lowest BCUT2D eigenvalue weighted by Gasteiger charge is -2.06. The van der Waals surface area contributed by atoms with E-state index in [-0.39, 0.29) is 5.82 Å². The molecule has 0 atom stereocenters. The van der Waals surface area contributed by atoms with Gasteiger partial charge in [0.05, 0.1) is 22.1 Å². The first kappa shape index (κ1) is 12.2. The Kier molecular flexibility index (Phi) is 3.54. The largest absolute Gasteiger partial charge is 0.330 e. The van der Waals surface area contributed by atoms with Crippen LogP contribution in [0.4, 0.5) is 4.39 Å². The van der Waals surface area contributed by atoms with E-state index < -0.39 is 0 Å². The third-order valence-corrected chi connectivity index (χ3v) is 3.03. The van der Waals surface area contributed by atoms with Gasteiger partial charge in [-0.05, 0) is 47.1 Å². The molecule has 0 saturated carbocycles. The maximum atomic E-state index is 13.3. The van der Waals surface area contributed by atoms with Gasteiger partial charge in [0.1, 0.15) is 5.82 Å². The minimum absolute atomic E-state index is 0.284. The van der Waals surface area contributed by atoms with Crippen molar-refractivity contribution < 1.29 is 4.39 Å². The predicted octanol–water partition coefficient (Wildman–Crippen LogP) is 1.98. The summed E-state index contributed by atoms with van der Waals surface area (Å²) in [4.78, 5) is 0. The van der Waals surface area contributed by atoms with Gasteiger partial charge < -0.3 is 5.73 Å². The topological polar surface area (TPSA) is 56.7 Å². The van der Waals surface area contributed by atoms with Crippen molar-refractivity contribution in [3.63, 3.8) is 0 Å². The van der Waals surface area contributed by atoms with Gasteiger partial charge in [0.25, 0.3) is 0 Å². The lowest BCUT2D eigenvalue weighted by atomic mass is 10.2. The molecule has 6 heteroatoms. The van der Waals surface area contributed by atoms with E-state index in [4.69, 9.17) is 5.73 Å². The van der Waals surface area contributed by atoms with E-state index in [1.54, 1.807) is 16.9 Å². The number of hydrogen-bond donors (Lipinski definition) is 1. The molecule has 0 spiro atoms. The highest BCUT2D eigenvalue weighted by molar-refractivity contribution is 9.10. The van der Waals surface area contributed by atoms with Gasteiger partial charge in [-0.3, -0.25) is 0 Å². The van der Waals surface area contributed by atoms with E-state index in [0.717, 1.165) is 16.9 Å². The fraction of sp³-hybridized carbons (Fsp3) is 0.273. The van der Waals surface area contributed by atoms with Gasteiger partial charge in [-0.2, -0.15) is 0 Å². The summed E-state index contributed by atoms with van der Waals surface area (Å²) in [5.74, 6) is -0.284. The van der Waals surface area contributed by atoms with Gasteiger partial charge in [-0.1, -0.05) is 5.21 Å². The first-order valence-electron chi connectivity index (χ1n) is 5.19. The molecule has 2 aromatic rings. The van der Waals surface area contributed by atoms with Gasteiger partial charge in [0.15, 0.2) is 0 Å². The molecule has 2 N–H and O–H groups in total. The number of benzene rings is 1. The van der Waals surface area contributed by atoms with Crippen LogP contribution in [0.1, 0.15) is 11.3 Å². The fourth-order valence-electron chi connectivity index (χ4n) is 1.56. The molecule has 0 radical (unpaired) electrons. The van der Waals surface area contributed by atoms with Crippen LogP contribution in [0.15, 0.2) is 22.8 Å². The zero-order valence-corrected chi connectivity index (χ0v) is 10.9. The quantitative estimate of drug-likeness (QED) is 0.943. The van der Waals surface area contributed by atoms with Gasteiger partial charge in [0.2, 0.25) is 0 Å². The van der Waals surface area contributed by atoms with Crippen LogP contribution < -0.4 is 5.73 Å². The predicted molar refractivity (Wildman–Crippen MR) is 66.5 cm³/mol. The van der Waals surface area contributed by atoms with Crippen molar-refractivity contribution in [1.82, 2.24) is 15.0 Å². The molecule has 0 fully saturated rings. The van der Waals surface area contributed by atoms with Crippen LogP contribution in [-0.2, 0) is 6.42 Å². The van der Waals surface area contributed by atoms with E-state index in [1.165, 1.54) is 6.07 Å². The van der Waals surface area contributed by atoms with Crippen LogP contribution in [-0.4, -0.2) is 21.5 Å². The average molecular weight is 299 g/mol. The smallest absolute Gasteiger partial charge is 0.137 e. The van der Waals surface area contributed by atoms with Crippen molar-refractivity contribution in [3.8, 4) is 5.69 Å². The summed E-state index contributed by atoms with van der Waals surface area (Å²) >= 11 is 3.16. The molecule has 4 nitrogen and oxygen atoms in total. The lowest BCUT2D eigenvalue weighted by molar-refractivity contribution is 0.618. The second-order valence-corrected chi connectivity index (χ2v) is 4.60. The van der Waals surface area contributed by atoms with Gasteiger partial charge >= 0.3 is 0 Å². The number of halogens is 2. The molecular weight excluding hydrogens is 287 g/mol. The van der Waals surface area contributed by atoms with Gasteiger partial charge in [0, 0.05) is 6.42 Å². The second kappa shape index (κ2) is 4.93. The van der Waals surface area contributed by atoms with Crippen LogP contribution in [0, 0.1) is 12.7 Å². The molecule has 0 saturated heterocycles. The van der Waals surface area contributed by atoms with E-state index in [1.807, 2.05) is 6.92 Å². The third-order valence-electron chi connectivity index (χ3n) is 2.43. The van der Waals surface area contributed by atoms with Crippen molar-refractivity contribution in [1.29, 1.82) is 0 Å². The Morgan fingerprint density at radius 3 is 2.94 bits per heavy atom. The fourth-order valence-corrected chi connectivity index (χ4v) is 1.89. The number of aryl methyl sites for hydroxylation is 1. The van der Waals surface area contributed by atoms with E-state index in [2.05, 4.69) is 26.2 Å². The standard InChI is InChI=1S/C11H12BrFN4/c1-7-4-10(13)9(12)5-11(7)17-6-8(2-3-14)15-16-17/h4-6H,2-3,14H2,1H3. The summed E-state index contributed by atoms with van der Waals surface area (Å²) in [7, 11) is 0. The van der Waals surface area contributed by atoms with Crippen molar-refractivity contribution in [2.75, 3.05) is 6.54 Å². The Bertz CT molecular complexity index is 538. The van der Waals surface area contributed by atoms with Crippen LogP contribution in [0.25, 0.3) is 5.69 Å². The van der Waals surface area contributed by atoms with E-state index in [0.29, 0.717) is 17.4 Å². The molecule has 2 rings (SSSR count). The molecule has 0 aliphatic heterocycles. The maximum absolute atomic E-state index is 13.3. The first-order chi connectivity index (χ1) is 8.11. The molecule has 1 aromatic carbocycles. The number of rotatable bonds is 3. The SMILES string of the molecule is Cc1cc(F)c(Br)cc1-n1cc(CCN)nn1. The van der Waals surface area contributed by atoms with Crippen LogP contribution in [0.2, 0.25) is 0 Å². The van der Waals surface area contributed by atoms with Crippen LogP contribution in [0.3, 0.4) is 0 Å². The number of aromatic nitrogens is 3. The van der Waals surface area contributed by atoms with Crippen molar-refractivity contribution >= 4 is 15.9 Å². The molecule has 1 aromatic heterocycles. The number of nitrogens with two attached hydrogens (primary N) is 1. The van der Waals surface area contributed by atoms with E-state index >= 15 is 0 Å². The van der Waals surface area contributed by atoms with Crippen LogP contribution in [0.5, 0.6) is 0 Å². The number of nitrogens with zero attached hydrogens (tertiary/aromatic N) is 3. The zero-order chi connectivity index (χ0) is 12.4. The highest BCUT2D eigenvalue weighted by Crippen LogP contribution is 2.22. The monoisotopic (exact) mass is 298 g/mol. The summed E-state index contributed by atoms with van der Waals surface area (Å²) in [6, 6.07) is 3.15. The minimum Gasteiger partial charge on any atom is -0.330 e. The summed E-state index contributed by atoms with van der Waals surface area (Å²) in [6.07, 6.45) is 2.49. The molecule has 90 valence electrons. The first-order valence-corrected chi connectivity index (χ1v) is 5.98. The maximum Gasteiger partial charge on any atom is 0.137 e. The molecule has 0 aliphatic carbocycles. The zero-order valence-electron chi connectivity index (χ0n) is 9.32. The Morgan fingerprint density at radius 1 is 1.47 bits per heavy atom. The molecular formula is C11H12BrFN4. The average Bonchev–Trinajstić information content (AvgIpc) is 2.72. The summed E-state index contributed by atoms with van der Waals surface area (Å²) < 4.78 is 15.3. The summed E-state index contributed by atoms with van der Waals surface area (Å²) in [6.45, 7) is 2.36. The number of hydrogen-bond acceptors (Lipinski definition) is 3. The Labute approximate surface area is 107 Å². The molecule has 0 aliphatic rings. The normalized spacial score (nSPS) is 10.8. The van der Waals surface area contributed by atoms with Gasteiger partial charge in [-0.25, -0.2) is 9.07 Å². The molecule has 0 unspecified atom stereocenters. The van der Waals surface area contributed by atoms with Crippen molar-refractivity contribution in [3.05, 3.63) is 39.9 Å². The summed E-state index contributed by atoms with van der Waals surface area (Å²) in [5.41, 5.74) is 7.88. The van der Waals surface area contributed by atoms with Crippen molar-refractivity contribution in [2.24, 2.45) is 5.73 Å². The van der Waals surface area contributed by atoms with Gasteiger partial charge in [-0.15, -0.1) is 5.10 Å². The minimum atomic E-state index is -0.284.